The van der Waals surface area contributed by atoms with Gasteiger partial charge in [-0.05, 0) is 135 Å². The maximum absolute atomic E-state index is 8.66. The van der Waals surface area contributed by atoms with Gasteiger partial charge in [0.05, 0.1) is 0 Å². The van der Waals surface area contributed by atoms with E-state index < -0.39 is 19.1 Å². The van der Waals surface area contributed by atoms with E-state index in [2.05, 4.69) is 101 Å². The zero-order valence-electron chi connectivity index (χ0n) is 45.8. The SMILES string of the molecule is Cc1cc(-c2ccccc2C)[n+](C)cc1CC(C)C.[2H]C([2H])(c1c[n+](C)c(-c2ccccc2C)cc1C)C(C)C.[2H]C([2H])(c1cc(-c2ccccc2C)[n+](C)cc1C([2H])([2H])C(C)C)C(C)C. The first-order valence-electron chi connectivity index (χ1n) is 24.9. The number of rotatable bonds is 11. The van der Waals surface area contributed by atoms with Gasteiger partial charge in [-0.3, -0.25) is 0 Å². The molecule has 0 spiro atoms. The number of hydrogen-bond acceptors (Lipinski definition) is 0. The van der Waals surface area contributed by atoms with Crippen molar-refractivity contribution in [1.29, 1.82) is 0 Å². The average Bonchev–Trinajstić information content (AvgIpc) is 3.23. The fourth-order valence-electron chi connectivity index (χ4n) is 7.56. The summed E-state index contributed by atoms with van der Waals surface area (Å²) in [7, 11) is 6.03. The maximum atomic E-state index is 8.66. The lowest BCUT2D eigenvalue weighted by Crippen LogP contribution is -2.32. The molecule has 6 rings (SSSR count). The van der Waals surface area contributed by atoms with E-state index in [9.17, 15) is 0 Å². The van der Waals surface area contributed by atoms with E-state index in [-0.39, 0.29) is 17.8 Å². The van der Waals surface area contributed by atoms with Crippen LogP contribution in [0.5, 0.6) is 0 Å². The maximum Gasteiger partial charge on any atom is 0.212 e. The number of nitrogens with zero attached hydrogens (tertiary/aromatic N) is 3. The molecule has 0 unspecified atom stereocenters. The van der Waals surface area contributed by atoms with Crippen LogP contribution in [0.3, 0.4) is 0 Å². The highest BCUT2D eigenvalue weighted by Gasteiger charge is 2.20. The van der Waals surface area contributed by atoms with Crippen molar-refractivity contribution in [3.05, 3.63) is 160 Å². The first-order chi connectivity index (χ1) is 30.6. The molecule has 0 fully saturated rings. The Morgan fingerprint density at radius 2 is 0.700 bits per heavy atom. The molecule has 0 aliphatic heterocycles. The molecule has 0 amide bonds. The highest BCUT2D eigenvalue weighted by Crippen LogP contribution is 2.26. The van der Waals surface area contributed by atoms with E-state index in [1.165, 1.54) is 39.1 Å². The van der Waals surface area contributed by atoms with Gasteiger partial charge in [0.15, 0.2) is 18.6 Å². The van der Waals surface area contributed by atoms with Gasteiger partial charge in [0.1, 0.15) is 21.1 Å². The van der Waals surface area contributed by atoms with Gasteiger partial charge in [0, 0.05) is 59.8 Å². The third kappa shape index (κ3) is 13.3. The molecule has 0 atom stereocenters. The first kappa shape index (κ1) is 39.3. The van der Waals surface area contributed by atoms with E-state index in [0.29, 0.717) is 17.0 Å². The van der Waals surface area contributed by atoms with Crippen LogP contribution in [0.1, 0.15) is 114 Å². The summed E-state index contributed by atoms with van der Waals surface area (Å²) in [6.45, 7) is 26.3. The van der Waals surface area contributed by atoms with Gasteiger partial charge in [-0.2, -0.15) is 0 Å². The number of pyridine rings is 3. The Kier molecular flexibility index (Phi) is 14.5. The van der Waals surface area contributed by atoms with Gasteiger partial charge < -0.3 is 0 Å². The fraction of sp³-hybridized carbons (Fsp3) is 0.421. The standard InChI is InChI=1S/C21H30N.2C18H24N/c1-15(2)11-18-13-21(20-10-8-7-9-17(20)5)22(6)14-19(18)12-16(3)4;2*1-13(2)10-16-12-19(5)18(11-15(16)4)17-9-7-6-8-14(17)3/h7-10,13-16H,11-12H2,1-6H3;2*6-9,11-13H,10H2,1-5H3/q3*+1/i11D2,12D2;10D2;. The van der Waals surface area contributed by atoms with Crippen molar-refractivity contribution in [3.63, 3.8) is 0 Å². The van der Waals surface area contributed by atoms with Crippen molar-refractivity contribution in [3.8, 4) is 33.8 Å². The van der Waals surface area contributed by atoms with Crippen LogP contribution >= 0.6 is 0 Å². The van der Waals surface area contributed by atoms with Crippen LogP contribution in [-0.2, 0) is 46.7 Å². The normalized spacial score (nSPS) is 13.4. The molecule has 0 N–H and O–H groups in total. The predicted molar refractivity (Wildman–Crippen MR) is 257 cm³/mol. The molecule has 3 heteroatoms. The Morgan fingerprint density at radius 1 is 0.383 bits per heavy atom. The Morgan fingerprint density at radius 3 is 1.08 bits per heavy atom. The fourth-order valence-corrected chi connectivity index (χ4v) is 7.56. The van der Waals surface area contributed by atoms with Crippen molar-refractivity contribution >= 4 is 0 Å². The van der Waals surface area contributed by atoms with Crippen LogP contribution in [0, 0.1) is 58.3 Å². The van der Waals surface area contributed by atoms with Gasteiger partial charge in [-0.1, -0.05) is 110 Å². The molecule has 3 heterocycles. The van der Waals surface area contributed by atoms with Gasteiger partial charge in [-0.15, -0.1) is 0 Å². The predicted octanol–water partition coefficient (Wildman–Crippen LogP) is 12.9. The topological polar surface area (TPSA) is 11.6 Å². The molecule has 0 bridgehead atoms. The molecule has 3 nitrogen and oxygen atoms in total. The summed E-state index contributed by atoms with van der Waals surface area (Å²) in [6, 6.07) is 31.2. The molecule has 0 radical (unpaired) electrons. The lowest BCUT2D eigenvalue weighted by molar-refractivity contribution is -0.661. The molecule has 60 heavy (non-hydrogen) atoms. The number of hydrogen-bond donors (Lipinski definition) is 0. The van der Waals surface area contributed by atoms with Crippen LogP contribution in [0.15, 0.2) is 110 Å². The minimum atomic E-state index is -1.62. The average molecular weight is 811 g/mol. The van der Waals surface area contributed by atoms with Crippen LogP contribution in [0.25, 0.3) is 33.8 Å². The Balaban J connectivity index is 0.000000219. The van der Waals surface area contributed by atoms with Crippen molar-refractivity contribution in [1.82, 2.24) is 0 Å². The van der Waals surface area contributed by atoms with Crippen LogP contribution < -0.4 is 13.7 Å². The van der Waals surface area contributed by atoms with Gasteiger partial charge in [0.25, 0.3) is 0 Å². The monoisotopic (exact) mass is 811 g/mol. The molecule has 6 aromatic rings. The molecule has 0 saturated heterocycles. The number of benzene rings is 3. The van der Waals surface area contributed by atoms with Gasteiger partial charge in [0.2, 0.25) is 17.1 Å². The smallest absolute Gasteiger partial charge is 0.201 e. The van der Waals surface area contributed by atoms with Crippen LogP contribution in [0.2, 0.25) is 0 Å². The highest BCUT2D eigenvalue weighted by atomic mass is 14.9. The van der Waals surface area contributed by atoms with Crippen molar-refractivity contribution in [2.24, 2.45) is 44.8 Å². The largest absolute Gasteiger partial charge is 0.212 e. The second-order valence-corrected chi connectivity index (χ2v) is 17.9. The molecule has 0 saturated carbocycles. The molecule has 318 valence electrons. The van der Waals surface area contributed by atoms with Crippen molar-refractivity contribution in [2.75, 3.05) is 0 Å². The second-order valence-electron chi connectivity index (χ2n) is 17.9. The summed E-state index contributed by atoms with van der Waals surface area (Å²) in [5.41, 5.74) is 16.0. The molecular formula is C57H78N3+3. The van der Waals surface area contributed by atoms with E-state index in [0.717, 1.165) is 40.1 Å². The third-order valence-corrected chi connectivity index (χ3v) is 10.6. The van der Waals surface area contributed by atoms with Crippen LogP contribution in [0.4, 0.5) is 0 Å². The summed E-state index contributed by atoms with van der Waals surface area (Å²) in [4.78, 5) is 0. The third-order valence-electron chi connectivity index (χ3n) is 10.6. The van der Waals surface area contributed by atoms with E-state index in [1.54, 1.807) is 6.20 Å². The Labute approximate surface area is 374 Å². The van der Waals surface area contributed by atoms with Gasteiger partial charge in [-0.25, -0.2) is 13.7 Å². The summed E-state index contributed by atoms with van der Waals surface area (Å²) < 4.78 is 57.3. The quantitative estimate of drug-likeness (QED) is 0.116. The molecule has 0 aliphatic carbocycles. The molecule has 3 aromatic heterocycles. The Bertz CT molecular complexity index is 2610. The minimum Gasteiger partial charge on any atom is -0.201 e. The molecular weight excluding hydrogens is 727 g/mol. The van der Waals surface area contributed by atoms with Crippen molar-refractivity contribution < 1.29 is 21.9 Å². The summed E-state index contributed by atoms with van der Waals surface area (Å²) in [5.74, 6) is 0.124. The molecule has 3 aromatic carbocycles. The number of aryl methyl sites for hydroxylation is 8. The summed E-state index contributed by atoms with van der Waals surface area (Å²) in [6.07, 6.45) is 2.61. The lowest BCUT2D eigenvalue weighted by Gasteiger charge is -2.14. The highest BCUT2D eigenvalue weighted by molar-refractivity contribution is 5.63. The van der Waals surface area contributed by atoms with E-state index in [4.69, 9.17) is 8.22 Å². The summed E-state index contributed by atoms with van der Waals surface area (Å²) >= 11 is 0. The van der Waals surface area contributed by atoms with Crippen molar-refractivity contribution in [2.45, 2.75) is 116 Å². The van der Waals surface area contributed by atoms with Gasteiger partial charge >= 0.3 is 0 Å². The minimum absolute atomic E-state index is 0.0551. The Hall–Kier alpha value is -4.89. The second kappa shape index (κ2) is 22.1. The van der Waals surface area contributed by atoms with E-state index >= 15 is 0 Å². The zero-order valence-corrected chi connectivity index (χ0v) is 39.8. The zero-order chi connectivity index (χ0) is 49.6. The number of aromatic nitrogens is 3. The van der Waals surface area contributed by atoms with E-state index in [1.807, 2.05) is 127 Å². The molecule has 0 aliphatic rings. The lowest BCUT2D eigenvalue weighted by atomic mass is 9.92. The van der Waals surface area contributed by atoms with Crippen LogP contribution in [-0.4, -0.2) is 0 Å². The first-order valence-corrected chi connectivity index (χ1v) is 21.9. The summed E-state index contributed by atoms with van der Waals surface area (Å²) in [5, 5.41) is 0.